The normalized spacial score (nSPS) is 15.0. The van der Waals surface area contributed by atoms with Crippen molar-refractivity contribution in [2.75, 3.05) is 30.4 Å². The largest absolute Gasteiger partial charge is 0.383 e. The van der Waals surface area contributed by atoms with Crippen LogP contribution in [0.25, 0.3) is 0 Å². The number of rotatable bonds is 5. The third-order valence-corrected chi connectivity index (χ3v) is 5.07. The Labute approximate surface area is 159 Å². The molecule has 138 valence electrons. The maximum atomic E-state index is 12.5. The highest BCUT2D eigenvalue weighted by atomic mass is 35.5. The van der Waals surface area contributed by atoms with Gasteiger partial charge in [-0.05, 0) is 25.3 Å². The van der Waals surface area contributed by atoms with Gasteiger partial charge in [-0.3, -0.25) is 4.79 Å². The van der Waals surface area contributed by atoms with Gasteiger partial charge in [0.05, 0.1) is 0 Å². The second-order valence-electron chi connectivity index (χ2n) is 6.58. The van der Waals surface area contributed by atoms with E-state index in [1.165, 1.54) is 11.9 Å². The molecule has 0 spiro atoms. The minimum absolute atomic E-state index is 0.0343. The molecule has 3 rings (SSSR count). The van der Waals surface area contributed by atoms with Crippen molar-refractivity contribution in [3.05, 3.63) is 46.9 Å². The Hall–Kier alpha value is -2.34. The molecule has 0 aliphatic carbocycles. The average molecular weight is 374 g/mol. The van der Waals surface area contributed by atoms with Gasteiger partial charge in [0, 0.05) is 32.6 Å². The lowest BCUT2D eigenvalue weighted by Gasteiger charge is -2.33. The summed E-state index contributed by atoms with van der Waals surface area (Å²) in [7, 11) is 1.80. The van der Waals surface area contributed by atoms with E-state index in [2.05, 4.69) is 56.7 Å². The summed E-state index contributed by atoms with van der Waals surface area (Å²) in [5, 5.41) is 6.53. The molecule has 6 nitrogen and oxygen atoms in total. The number of piperidine rings is 1. The van der Waals surface area contributed by atoms with Crippen LogP contribution in [0.2, 0.25) is 5.15 Å². The van der Waals surface area contributed by atoms with Gasteiger partial charge in [-0.1, -0.05) is 41.4 Å². The molecule has 2 aromatic rings. The van der Waals surface area contributed by atoms with Crippen LogP contribution in [0.5, 0.6) is 0 Å². The Morgan fingerprint density at radius 1 is 1.23 bits per heavy atom. The zero-order chi connectivity index (χ0) is 18.5. The zero-order valence-corrected chi connectivity index (χ0v) is 15.9. The molecule has 1 aromatic heterocycles. The van der Waals surface area contributed by atoms with Crippen LogP contribution < -0.4 is 15.5 Å². The van der Waals surface area contributed by atoms with Gasteiger partial charge in [-0.2, -0.15) is 0 Å². The maximum Gasteiger partial charge on any atom is 0.223 e. The van der Waals surface area contributed by atoms with Gasteiger partial charge in [0.25, 0.3) is 0 Å². The first-order valence-corrected chi connectivity index (χ1v) is 9.22. The summed E-state index contributed by atoms with van der Waals surface area (Å²) >= 11 is 6.13. The highest BCUT2D eigenvalue weighted by molar-refractivity contribution is 6.32. The summed E-state index contributed by atoms with van der Waals surface area (Å²) in [6.45, 7) is 4.17. The van der Waals surface area contributed by atoms with E-state index in [1.54, 1.807) is 7.05 Å². The van der Waals surface area contributed by atoms with Gasteiger partial charge >= 0.3 is 0 Å². The molecule has 0 bridgehead atoms. The molecule has 7 heteroatoms. The Kier molecular flexibility index (Phi) is 5.93. The van der Waals surface area contributed by atoms with Crippen molar-refractivity contribution >= 4 is 29.0 Å². The number of aromatic nitrogens is 2. The number of amides is 1. The van der Waals surface area contributed by atoms with Crippen LogP contribution in [0.4, 0.5) is 11.5 Å². The quantitative estimate of drug-likeness (QED) is 0.788. The summed E-state index contributed by atoms with van der Waals surface area (Å²) in [6, 6.07) is 8.23. The van der Waals surface area contributed by atoms with Gasteiger partial charge in [0.2, 0.25) is 5.91 Å². The molecule has 0 radical (unpaired) electrons. The molecule has 1 saturated heterocycles. The van der Waals surface area contributed by atoms with Crippen molar-refractivity contribution in [1.82, 2.24) is 15.3 Å². The summed E-state index contributed by atoms with van der Waals surface area (Å²) in [5.74, 6) is 0.956. The van der Waals surface area contributed by atoms with Crippen molar-refractivity contribution in [2.24, 2.45) is 5.92 Å². The van der Waals surface area contributed by atoms with Gasteiger partial charge < -0.3 is 15.5 Å². The third kappa shape index (κ3) is 4.25. The van der Waals surface area contributed by atoms with E-state index in [9.17, 15) is 4.79 Å². The second kappa shape index (κ2) is 8.36. The fraction of sp³-hybridized carbons (Fsp3) is 0.421. The molecule has 1 fully saturated rings. The summed E-state index contributed by atoms with van der Waals surface area (Å²) in [6.07, 6.45) is 3.06. The van der Waals surface area contributed by atoms with Gasteiger partial charge in [0.15, 0.2) is 11.0 Å². The van der Waals surface area contributed by atoms with Gasteiger partial charge in [-0.15, -0.1) is 0 Å². The number of hydrogen-bond donors (Lipinski definition) is 2. The standard InChI is InChI=1S/C19H24ClN5O/c1-13-3-5-14(6-4-13)11-22-19(26)15-7-9-25(10-8-15)18-16(21-2)17(20)23-12-24-18/h3-6,12,15,21H,7-11H2,1-2H3,(H,22,26). The Morgan fingerprint density at radius 3 is 2.58 bits per heavy atom. The number of carbonyl (C=O) groups is 1. The molecule has 1 aliphatic rings. The maximum absolute atomic E-state index is 12.5. The van der Waals surface area contributed by atoms with E-state index < -0.39 is 0 Å². The molecule has 1 amide bonds. The minimum Gasteiger partial charge on any atom is -0.383 e. The van der Waals surface area contributed by atoms with E-state index in [0.29, 0.717) is 11.7 Å². The van der Waals surface area contributed by atoms with E-state index >= 15 is 0 Å². The topological polar surface area (TPSA) is 70.2 Å². The highest BCUT2D eigenvalue weighted by Crippen LogP contribution is 2.31. The van der Waals surface area contributed by atoms with Gasteiger partial charge in [0.1, 0.15) is 12.0 Å². The fourth-order valence-electron chi connectivity index (χ4n) is 3.20. The molecule has 1 aromatic carbocycles. The number of halogens is 1. The van der Waals surface area contributed by atoms with Crippen LogP contribution in [0.1, 0.15) is 24.0 Å². The van der Waals surface area contributed by atoms with E-state index in [1.807, 2.05) is 0 Å². The monoisotopic (exact) mass is 373 g/mol. The fourth-order valence-corrected chi connectivity index (χ4v) is 3.43. The van der Waals surface area contributed by atoms with Crippen LogP contribution >= 0.6 is 11.6 Å². The number of benzene rings is 1. The number of aryl methyl sites for hydroxylation is 1. The summed E-state index contributed by atoms with van der Waals surface area (Å²) in [5.41, 5.74) is 3.07. The van der Waals surface area contributed by atoms with Crippen LogP contribution in [-0.4, -0.2) is 36.0 Å². The first-order chi connectivity index (χ1) is 12.6. The van der Waals surface area contributed by atoms with E-state index in [-0.39, 0.29) is 11.8 Å². The molecular formula is C19H24ClN5O. The zero-order valence-electron chi connectivity index (χ0n) is 15.1. The lowest BCUT2D eigenvalue weighted by Crippen LogP contribution is -2.41. The number of hydrogen-bond acceptors (Lipinski definition) is 5. The smallest absolute Gasteiger partial charge is 0.223 e. The molecule has 0 unspecified atom stereocenters. The SMILES string of the molecule is CNc1c(Cl)ncnc1N1CCC(C(=O)NCc2ccc(C)cc2)CC1. The minimum atomic E-state index is 0.0343. The molecular weight excluding hydrogens is 350 g/mol. The van der Waals surface area contributed by atoms with Crippen LogP contribution in [0, 0.1) is 12.8 Å². The Balaban J connectivity index is 1.54. The number of anilines is 2. The van der Waals surface area contributed by atoms with Crippen molar-refractivity contribution in [2.45, 2.75) is 26.3 Å². The summed E-state index contributed by atoms with van der Waals surface area (Å²) in [4.78, 5) is 23.0. The van der Waals surface area contributed by atoms with Crippen molar-refractivity contribution in [1.29, 1.82) is 0 Å². The lowest BCUT2D eigenvalue weighted by atomic mass is 9.95. The van der Waals surface area contributed by atoms with E-state index in [0.717, 1.165) is 43.0 Å². The lowest BCUT2D eigenvalue weighted by molar-refractivity contribution is -0.125. The molecule has 0 saturated carbocycles. The van der Waals surface area contributed by atoms with Crippen LogP contribution in [0.3, 0.4) is 0 Å². The Morgan fingerprint density at radius 2 is 1.92 bits per heavy atom. The van der Waals surface area contributed by atoms with Crippen LogP contribution in [0.15, 0.2) is 30.6 Å². The Bertz CT molecular complexity index is 757. The predicted molar refractivity (Wildman–Crippen MR) is 105 cm³/mol. The predicted octanol–water partition coefficient (Wildman–Crippen LogP) is 3.01. The van der Waals surface area contributed by atoms with Crippen molar-refractivity contribution in [3.63, 3.8) is 0 Å². The molecule has 0 atom stereocenters. The number of nitrogens with one attached hydrogen (secondary N) is 2. The van der Waals surface area contributed by atoms with E-state index in [4.69, 9.17) is 11.6 Å². The van der Waals surface area contributed by atoms with Gasteiger partial charge in [-0.25, -0.2) is 9.97 Å². The first-order valence-electron chi connectivity index (χ1n) is 8.85. The van der Waals surface area contributed by atoms with Crippen molar-refractivity contribution < 1.29 is 4.79 Å². The van der Waals surface area contributed by atoms with Crippen LogP contribution in [-0.2, 0) is 11.3 Å². The van der Waals surface area contributed by atoms with Crippen molar-refractivity contribution in [3.8, 4) is 0 Å². The second-order valence-corrected chi connectivity index (χ2v) is 6.94. The molecule has 26 heavy (non-hydrogen) atoms. The average Bonchev–Trinajstić information content (AvgIpc) is 2.67. The number of carbonyl (C=O) groups excluding carboxylic acids is 1. The third-order valence-electron chi connectivity index (χ3n) is 4.78. The summed E-state index contributed by atoms with van der Waals surface area (Å²) < 4.78 is 0. The molecule has 2 N–H and O–H groups in total. The molecule has 1 aliphatic heterocycles. The molecule has 2 heterocycles. The highest BCUT2D eigenvalue weighted by Gasteiger charge is 2.27. The number of nitrogens with zero attached hydrogens (tertiary/aromatic N) is 3. The first kappa shape index (κ1) is 18.5.